The molecule has 1 saturated heterocycles. The van der Waals surface area contributed by atoms with Crippen LogP contribution in [0.4, 0.5) is 4.39 Å². The van der Waals surface area contributed by atoms with Gasteiger partial charge in [0.05, 0.1) is 7.11 Å². The van der Waals surface area contributed by atoms with Crippen LogP contribution in [-0.2, 0) is 13.1 Å². The molecule has 2 aromatic rings. The van der Waals surface area contributed by atoms with Crippen molar-refractivity contribution < 1.29 is 9.13 Å². The summed E-state index contributed by atoms with van der Waals surface area (Å²) >= 11 is 5.53. The molecular formula is C21H26FN3OS. The number of aryl methyl sites for hydroxylation is 1. The van der Waals surface area contributed by atoms with Gasteiger partial charge in [0.15, 0.2) is 5.11 Å². The Morgan fingerprint density at radius 2 is 1.81 bits per heavy atom. The van der Waals surface area contributed by atoms with Gasteiger partial charge in [0.1, 0.15) is 11.6 Å². The molecule has 0 atom stereocenters. The maximum atomic E-state index is 13.0. The van der Waals surface area contributed by atoms with E-state index in [1.807, 2.05) is 6.07 Å². The molecular weight excluding hydrogens is 361 g/mol. The van der Waals surface area contributed by atoms with Crippen LogP contribution in [0.15, 0.2) is 42.5 Å². The van der Waals surface area contributed by atoms with E-state index < -0.39 is 0 Å². The predicted octanol–water partition coefficient (Wildman–Crippen LogP) is 3.34. The van der Waals surface area contributed by atoms with Crippen molar-refractivity contribution in [2.75, 3.05) is 33.3 Å². The first kappa shape index (κ1) is 19.6. The van der Waals surface area contributed by atoms with Gasteiger partial charge in [0.25, 0.3) is 0 Å². The third-order valence-corrected chi connectivity index (χ3v) is 5.25. The maximum Gasteiger partial charge on any atom is 0.169 e. The van der Waals surface area contributed by atoms with Gasteiger partial charge in [-0.25, -0.2) is 4.39 Å². The van der Waals surface area contributed by atoms with Crippen LogP contribution in [0, 0.1) is 12.7 Å². The van der Waals surface area contributed by atoms with E-state index >= 15 is 0 Å². The third-order valence-electron chi connectivity index (χ3n) is 4.85. The summed E-state index contributed by atoms with van der Waals surface area (Å²) in [5.41, 5.74) is 3.49. The van der Waals surface area contributed by atoms with Gasteiger partial charge in [-0.15, -0.1) is 0 Å². The summed E-state index contributed by atoms with van der Waals surface area (Å²) in [6, 6.07) is 12.8. The fourth-order valence-electron chi connectivity index (χ4n) is 3.27. The fourth-order valence-corrected chi connectivity index (χ4v) is 3.53. The summed E-state index contributed by atoms with van der Waals surface area (Å²) in [5, 5.41) is 4.03. The van der Waals surface area contributed by atoms with E-state index in [1.165, 1.54) is 23.3 Å². The first-order chi connectivity index (χ1) is 13.0. The van der Waals surface area contributed by atoms with Crippen LogP contribution in [0.25, 0.3) is 0 Å². The van der Waals surface area contributed by atoms with Crippen molar-refractivity contribution in [3.8, 4) is 5.75 Å². The molecule has 27 heavy (non-hydrogen) atoms. The lowest BCUT2D eigenvalue weighted by molar-refractivity contribution is 0.173. The average Bonchev–Trinajstić information content (AvgIpc) is 2.68. The zero-order valence-electron chi connectivity index (χ0n) is 15.9. The summed E-state index contributed by atoms with van der Waals surface area (Å²) < 4.78 is 18.5. The van der Waals surface area contributed by atoms with Gasteiger partial charge in [0.2, 0.25) is 0 Å². The molecule has 0 aromatic heterocycles. The number of nitrogens with one attached hydrogen (secondary N) is 1. The Kier molecular flexibility index (Phi) is 6.63. The van der Waals surface area contributed by atoms with Crippen molar-refractivity contribution in [1.82, 2.24) is 15.1 Å². The zero-order chi connectivity index (χ0) is 19.2. The second-order valence-corrected chi connectivity index (χ2v) is 7.25. The van der Waals surface area contributed by atoms with E-state index in [-0.39, 0.29) is 5.82 Å². The highest BCUT2D eigenvalue weighted by molar-refractivity contribution is 7.80. The van der Waals surface area contributed by atoms with Gasteiger partial charge in [0, 0.05) is 44.8 Å². The molecule has 1 heterocycles. The molecule has 0 aliphatic carbocycles. The Morgan fingerprint density at radius 3 is 2.48 bits per heavy atom. The number of halogens is 1. The normalized spacial score (nSPS) is 14.9. The van der Waals surface area contributed by atoms with Crippen molar-refractivity contribution in [2.24, 2.45) is 0 Å². The van der Waals surface area contributed by atoms with Gasteiger partial charge in [-0.2, -0.15) is 0 Å². The molecule has 1 N–H and O–H groups in total. The van der Waals surface area contributed by atoms with Crippen LogP contribution >= 0.6 is 12.2 Å². The van der Waals surface area contributed by atoms with E-state index in [4.69, 9.17) is 17.0 Å². The highest BCUT2D eigenvalue weighted by atomic mass is 32.1. The molecule has 0 saturated carbocycles. The SMILES string of the molecule is COc1ccc(C)cc1CN1CCN(C(=S)NCc2ccc(F)cc2)CC1. The number of nitrogens with zero attached hydrogens (tertiary/aromatic N) is 2. The number of hydrogen-bond acceptors (Lipinski definition) is 3. The molecule has 0 radical (unpaired) electrons. The number of hydrogen-bond donors (Lipinski definition) is 1. The van der Waals surface area contributed by atoms with Crippen molar-refractivity contribution in [3.63, 3.8) is 0 Å². The Morgan fingerprint density at radius 1 is 1.11 bits per heavy atom. The Labute approximate surface area is 165 Å². The summed E-state index contributed by atoms with van der Waals surface area (Å²) in [6.45, 7) is 7.29. The van der Waals surface area contributed by atoms with Gasteiger partial charge >= 0.3 is 0 Å². The molecule has 0 amide bonds. The first-order valence-electron chi connectivity index (χ1n) is 9.18. The van der Waals surface area contributed by atoms with Crippen LogP contribution in [0.3, 0.4) is 0 Å². The molecule has 1 aliphatic rings. The zero-order valence-corrected chi connectivity index (χ0v) is 16.7. The fraction of sp³-hybridized carbons (Fsp3) is 0.381. The topological polar surface area (TPSA) is 27.7 Å². The lowest BCUT2D eigenvalue weighted by atomic mass is 10.1. The molecule has 4 nitrogen and oxygen atoms in total. The Bertz CT molecular complexity index is 773. The van der Waals surface area contributed by atoms with E-state index in [2.05, 4.69) is 34.2 Å². The second-order valence-electron chi connectivity index (χ2n) is 6.86. The molecule has 3 rings (SSSR count). The number of methoxy groups -OCH3 is 1. The monoisotopic (exact) mass is 387 g/mol. The van der Waals surface area contributed by atoms with Crippen LogP contribution < -0.4 is 10.1 Å². The molecule has 1 fully saturated rings. The minimum Gasteiger partial charge on any atom is -0.496 e. The highest BCUT2D eigenvalue weighted by Crippen LogP contribution is 2.22. The van der Waals surface area contributed by atoms with E-state index in [9.17, 15) is 4.39 Å². The van der Waals surface area contributed by atoms with Crippen molar-refractivity contribution in [1.29, 1.82) is 0 Å². The number of thiocarbonyl (C=S) groups is 1. The summed E-state index contributed by atoms with van der Waals surface area (Å²) in [4.78, 5) is 4.62. The summed E-state index contributed by atoms with van der Waals surface area (Å²) in [6.07, 6.45) is 0. The molecule has 2 aromatic carbocycles. The van der Waals surface area contributed by atoms with E-state index in [1.54, 1.807) is 19.2 Å². The van der Waals surface area contributed by atoms with Crippen LogP contribution in [0.5, 0.6) is 5.75 Å². The standard InChI is InChI=1S/C21H26FN3OS/c1-16-3-8-20(26-2)18(13-16)15-24-9-11-25(12-10-24)21(27)23-14-17-4-6-19(22)7-5-17/h3-8,13H,9-12,14-15H2,1-2H3,(H,23,27). The molecule has 6 heteroatoms. The lowest BCUT2D eigenvalue weighted by Crippen LogP contribution is -2.51. The predicted molar refractivity (Wildman–Crippen MR) is 110 cm³/mol. The molecule has 1 aliphatic heterocycles. The largest absolute Gasteiger partial charge is 0.496 e. The minimum absolute atomic E-state index is 0.220. The molecule has 144 valence electrons. The second kappa shape index (κ2) is 9.15. The van der Waals surface area contributed by atoms with Gasteiger partial charge in [-0.3, -0.25) is 4.90 Å². The van der Waals surface area contributed by atoms with E-state index in [0.29, 0.717) is 6.54 Å². The molecule has 0 bridgehead atoms. The molecule has 0 spiro atoms. The Hall–Kier alpha value is -2.18. The van der Waals surface area contributed by atoms with Crippen LogP contribution in [0.2, 0.25) is 0 Å². The molecule has 0 unspecified atom stereocenters. The number of benzene rings is 2. The smallest absolute Gasteiger partial charge is 0.169 e. The van der Waals surface area contributed by atoms with E-state index in [0.717, 1.165) is 49.1 Å². The van der Waals surface area contributed by atoms with Crippen LogP contribution in [0.1, 0.15) is 16.7 Å². The number of rotatable bonds is 5. The van der Waals surface area contributed by atoms with Gasteiger partial charge in [-0.1, -0.05) is 29.8 Å². The van der Waals surface area contributed by atoms with Crippen molar-refractivity contribution >= 4 is 17.3 Å². The van der Waals surface area contributed by atoms with Gasteiger partial charge in [-0.05, 0) is 42.9 Å². The van der Waals surface area contributed by atoms with Crippen LogP contribution in [-0.4, -0.2) is 48.2 Å². The van der Waals surface area contributed by atoms with Gasteiger partial charge < -0.3 is 15.0 Å². The average molecular weight is 388 g/mol. The first-order valence-corrected chi connectivity index (χ1v) is 9.59. The third kappa shape index (κ3) is 5.40. The highest BCUT2D eigenvalue weighted by Gasteiger charge is 2.20. The number of ether oxygens (including phenoxy) is 1. The maximum absolute atomic E-state index is 13.0. The quantitative estimate of drug-likeness (QED) is 0.795. The van der Waals surface area contributed by atoms with Crippen molar-refractivity contribution in [3.05, 3.63) is 65.0 Å². The summed E-state index contributed by atoms with van der Waals surface area (Å²) in [5.74, 6) is 0.724. The van der Waals surface area contributed by atoms with Crippen molar-refractivity contribution in [2.45, 2.75) is 20.0 Å². The summed E-state index contributed by atoms with van der Waals surface area (Å²) in [7, 11) is 1.72. The Balaban J connectivity index is 1.47. The number of piperazine rings is 1. The minimum atomic E-state index is -0.220. The lowest BCUT2D eigenvalue weighted by Gasteiger charge is -2.36.